The number of hydrogen-bond acceptors (Lipinski definition) is 1. The lowest BCUT2D eigenvalue weighted by Gasteiger charge is -2.04. The molecule has 0 saturated carbocycles. The molecule has 2 rings (SSSR count). The number of halogens is 1. The summed E-state index contributed by atoms with van der Waals surface area (Å²) in [5.74, 6) is 0.633. The zero-order valence-electron chi connectivity index (χ0n) is 8.52. The minimum atomic E-state index is 0.633. The van der Waals surface area contributed by atoms with E-state index in [-0.39, 0.29) is 0 Å². The molecular formula is C12H16ClN. The van der Waals surface area contributed by atoms with Gasteiger partial charge in [0, 0.05) is 5.02 Å². The van der Waals surface area contributed by atoms with Crippen molar-refractivity contribution < 1.29 is 0 Å². The molecular weight excluding hydrogens is 194 g/mol. The Balaban J connectivity index is 2.34. The third-order valence-corrected chi connectivity index (χ3v) is 3.45. The SMILES string of the molecule is CCc1cc2c(cc1Cl)CC(CN)C2. The number of hydrogen-bond donors (Lipinski definition) is 1. The summed E-state index contributed by atoms with van der Waals surface area (Å²) in [5, 5.41) is 0.920. The quantitative estimate of drug-likeness (QED) is 0.796. The topological polar surface area (TPSA) is 26.0 Å². The number of benzene rings is 1. The van der Waals surface area contributed by atoms with Crippen molar-refractivity contribution >= 4 is 11.6 Å². The van der Waals surface area contributed by atoms with E-state index in [0.717, 1.165) is 30.8 Å². The molecule has 0 radical (unpaired) electrons. The van der Waals surface area contributed by atoms with Gasteiger partial charge in [-0.15, -0.1) is 0 Å². The van der Waals surface area contributed by atoms with Crippen LogP contribution >= 0.6 is 11.6 Å². The van der Waals surface area contributed by atoms with Gasteiger partial charge >= 0.3 is 0 Å². The molecule has 2 N–H and O–H groups in total. The molecule has 0 spiro atoms. The highest BCUT2D eigenvalue weighted by molar-refractivity contribution is 6.31. The van der Waals surface area contributed by atoms with Gasteiger partial charge in [0.1, 0.15) is 0 Å². The first-order chi connectivity index (χ1) is 6.74. The van der Waals surface area contributed by atoms with Gasteiger partial charge in [0.15, 0.2) is 0 Å². The molecule has 1 atom stereocenters. The maximum absolute atomic E-state index is 6.17. The fourth-order valence-electron chi connectivity index (χ4n) is 2.22. The van der Waals surface area contributed by atoms with Gasteiger partial charge in [-0.05, 0) is 54.5 Å². The summed E-state index contributed by atoms with van der Waals surface area (Å²) < 4.78 is 0. The van der Waals surface area contributed by atoms with Crippen molar-refractivity contribution in [1.82, 2.24) is 0 Å². The van der Waals surface area contributed by atoms with Crippen LogP contribution in [0.25, 0.3) is 0 Å². The molecule has 1 aliphatic rings. The van der Waals surface area contributed by atoms with Crippen LogP contribution in [0.1, 0.15) is 23.6 Å². The van der Waals surface area contributed by atoms with Crippen LogP contribution in [0.2, 0.25) is 5.02 Å². The summed E-state index contributed by atoms with van der Waals surface area (Å²) in [6, 6.07) is 4.39. The van der Waals surface area contributed by atoms with Gasteiger partial charge in [-0.2, -0.15) is 0 Å². The first-order valence-electron chi connectivity index (χ1n) is 5.24. The van der Waals surface area contributed by atoms with E-state index >= 15 is 0 Å². The van der Waals surface area contributed by atoms with Crippen molar-refractivity contribution in [3.05, 3.63) is 33.8 Å². The smallest absolute Gasteiger partial charge is 0.0440 e. The van der Waals surface area contributed by atoms with Gasteiger partial charge in [0.05, 0.1) is 0 Å². The van der Waals surface area contributed by atoms with E-state index in [1.165, 1.54) is 16.7 Å². The highest BCUT2D eigenvalue weighted by Gasteiger charge is 2.21. The highest BCUT2D eigenvalue weighted by atomic mass is 35.5. The normalized spacial score (nSPS) is 19.8. The fraction of sp³-hybridized carbons (Fsp3) is 0.500. The molecule has 0 heterocycles. The van der Waals surface area contributed by atoms with Crippen LogP contribution in [0.15, 0.2) is 12.1 Å². The summed E-state index contributed by atoms with van der Waals surface area (Å²) in [7, 11) is 0. The van der Waals surface area contributed by atoms with E-state index in [4.69, 9.17) is 17.3 Å². The molecule has 1 unspecified atom stereocenters. The van der Waals surface area contributed by atoms with Gasteiger partial charge in [0.25, 0.3) is 0 Å². The molecule has 0 fully saturated rings. The molecule has 0 aromatic heterocycles. The van der Waals surface area contributed by atoms with Crippen molar-refractivity contribution in [3.63, 3.8) is 0 Å². The van der Waals surface area contributed by atoms with Gasteiger partial charge in [-0.1, -0.05) is 24.6 Å². The van der Waals surface area contributed by atoms with E-state index < -0.39 is 0 Å². The molecule has 0 saturated heterocycles. The average Bonchev–Trinajstić information content (AvgIpc) is 2.58. The Bertz CT molecular complexity index is 346. The molecule has 14 heavy (non-hydrogen) atoms. The van der Waals surface area contributed by atoms with E-state index in [1.807, 2.05) is 0 Å². The zero-order chi connectivity index (χ0) is 10.1. The van der Waals surface area contributed by atoms with Crippen molar-refractivity contribution in [2.45, 2.75) is 26.2 Å². The highest BCUT2D eigenvalue weighted by Crippen LogP contribution is 2.31. The van der Waals surface area contributed by atoms with Gasteiger partial charge in [-0.3, -0.25) is 0 Å². The van der Waals surface area contributed by atoms with Crippen LogP contribution in [-0.4, -0.2) is 6.54 Å². The van der Waals surface area contributed by atoms with Gasteiger partial charge in [-0.25, -0.2) is 0 Å². The Hall–Kier alpha value is -0.530. The number of nitrogens with two attached hydrogens (primary N) is 1. The number of aryl methyl sites for hydroxylation is 1. The van der Waals surface area contributed by atoms with Crippen LogP contribution in [-0.2, 0) is 19.3 Å². The van der Waals surface area contributed by atoms with Crippen molar-refractivity contribution in [3.8, 4) is 0 Å². The van der Waals surface area contributed by atoms with E-state index in [1.54, 1.807) is 0 Å². The molecule has 1 nitrogen and oxygen atoms in total. The molecule has 0 aliphatic heterocycles. The monoisotopic (exact) mass is 209 g/mol. The first-order valence-corrected chi connectivity index (χ1v) is 5.62. The lowest BCUT2D eigenvalue weighted by molar-refractivity contribution is 0.575. The predicted octanol–water partition coefficient (Wildman–Crippen LogP) is 2.58. The summed E-state index contributed by atoms with van der Waals surface area (Å²) in [6.07, 6.45) is 3.25. The lowest BCUT2D eigenvalue weighted by Crippen LogP contribution is -2.13. The summed E-state index contributed by atoms with van der Waals surface area (Å²) >= 11 is 6.17. The van der Waals surface area contributed by atoms with Gasteiger partial charge in [0.2, 0.25) is 0 Å². The van der Waals surface area contributed by atoms with Crippen molar-refractivity contribution in [2.75, 3.05) is 6.54 Å². The van der Waals surface area contributed by atoms with Crippen molar-refractivity contribution in [2.24, 2.45) is 11.7 Å². The average molecular weight is 210 g/mol. The number of rotatable bonds is 2. The minimum Gasteiger partial charge on any atom is -0.330 e. The third kappa shape index (κ3) is 1.67. The molecule has 1 aromatic rings. The maximum atomic E-state index is 6.17. The second-order valence-electron chi connectivity index (χ2n) is 4.08. The van der Waals surface area contributed by atoms with Gasteiger partial charge < -0.3 is 5.73 Å². The Morgan fingerprint density at radius 3 is 2.57 bits per heavy atom. The van der Waals surface area contributed by atoms with Crippen LogP contribution in [0.3, 0.4) is 0 Å². The second kappa shape index (κ2) is 3.92. The van der Waals surface area contributed by atoms with E-state index in [2.05, 4.69) is 19.1 Å². The number of fused-ring (bicyclic) bond motifs is 1. The largest absolute Gasteiger partial charge is 0.330 e. The third-order valence-electron chi connectivity index (χ3n) is 3.10. The Labute approximate surface area is 90.3 Å². The Morgan fingerprint density at radius 1 is 1.36 bits per heavy atom. The molecule has 1 aromatic carbocycles. The molecule has 76 valence electrons. The zero-order valence-corrected chi connectivity index (χ0v) is 9.27. The Kier molecular flexibility index (Phi) is 2.80. The second-order valence-corrected chi connectivity index (χ2v) is 4.48. The van der Waals surface area contributed by atoms with Crippen LogP contribution in [0.4, 0.5) is 0 Å². The van der Waals surface area contributed by atoms with E-state index in [0.29, 0.717) is 5.92 Å². The lowest BCUT2D eigenvalue weighted by atomic mass is 10.0. The standard InChI is InChI=1S/C12H16ClN/c1-2-9-5-10-3-8(7-14)4-11(10)6-12(9)13/h5-6,8H,2-4,7,14H2,1H3. The van der Waals surface area contributed by atoms with Crippen LogP contribution in [0.5, 0.6) is 0 Å². The molecule has 0 bridgehead atoms. The molecule has 2 heteroatoms. The van der Waals surface area contributed by atoms with Crippen LogP contribution in [0, 0.1) is 5.92 Å². The van der Waals surface area contributed by atoms with E-state index in [9.17, 15) is 0 Å². The Morgan fingerprint density at radius 2 is 2.00 bits per heavy atom. The predicted molar refractivity (Wildman–Crippen MR) is 60.8 cm³/mol. The minimum absolute atomic E-state index is 0.633. The summed E-state index contributed by atoms with van der Waals surface area (Å²) in [6.45, 7) is 2.93. The molecule has 0 amide bonds. The molecule has 1 aliphatic carbocycles. The maximum Gasteiger partial charge on any atom is 0.0440 e. The summed E-state index contributed by atoms with van der Waals surface area (Å²) in [5.41, 5.74) is 9.82. The van der Waals surface area contributed by atoms with Crippen LogP contribution < -0.4 is 5.73 Å². The fourth-order valence-corrected chi connectivity index (χ4v) is 2.54. The summed E-state index contributed by atoms with van der Waals surface area (Å²) in [4.78, 5) is 0. The van der Waals surface area contributed by atoms with Crippen molar-refractivity contribution in [1.29, 1.82) is 0 Å². The first kappa shape index (κ1) is 10.0.